The molecule has 0 bridgehead atoms. The number of amides is 1. The highest BCUT2D eigenvalue weighted by molar-refractivity contribution is 6.34. The van der Waals surface area contributed by atoms with Gasteiger partial charge >= 0.3 is 0 Å². The zero-order valence-electron chi connectivity index (χ0n) is 10.2. The van der Waals surface area contributed by atoms with Crippen LogP contribution in [0.15, 0.2) is 18.2 Å². The molecule has 0 aromatic heterocycles. The second kappa shape index (κ2) is 6.07. The van der Waals surface area contributed by atoms with Crippen LogP contribution in [0.5, 0.6) is 0 Å². The van der Waals surface area contributed by atoms with E-state index in [0.717, 1.165) is 18.8 Å². The van der Waals surface area contributed by atoms with E-state index in [9.17, 15) is 4.79 Å². The summed E-state index contributed by atoms with van der Waals surface area (Å²) >= 11 is 5.99. The first kappa shape index (κ1) is 13.2. The summed E-state index contributed by atoms with van der Waals surface area (Å²) < 4.78 is 0. The van der Waals surface area contributed by atoms with Gasteiger partial charge in [-0.3, -0.25) is 4.79 Å². The van der Waals surface area contributed by atoms with Crippen molar-refractivity contribution in [3.63, 3.8) is 0 Å². The van der Waals surface area contributed by atoms with Crippen LogP contribution in [0.1, 0.15) is 29.6 Å². The van der Waals surface area contributed by atoms with Gasteiger partial charge in [-0.2, -0.15) is 0 Å². The Hall–Kier alpha value is -1.26. The van der Waals surface area contributed by atoms with Gasteiger partial charge < -0.3 is 16.4 Å². The highest BCUT2D eigenvalue weighted by Gasteiger charge is 2.12. The van der Waals surface area contributed by atoms with Crippen LogP contribution >= 0.6 is 11.6 Å². The van der Waals surface area contributed by atoms with Gasteiger partial charge in [0.25, 0.3) is 0 Å². The van der Waals surface area contributed by atoms with Crippen molar-refractivity contribution in [2.45, 2.75) is 25.3 Å². The highest BCUT2D eigenvalue weighted by Crippen LogP contribution is 2.20. The van der Waals surface area contributed by atoms with Crippen LogP contribution in [0.3, 0.4) is 0 Å². The minimum atomic E-state index is -0.500. The molecule has 0 spiro atoms. The van der Waals surface area contributed by atoms with Gasteiger partial charge in [-0.15, -0.1) is 0 Å². The number of nitrogens with two attached hydrogens (primary N) is 1. The minimum Gasteiger partial charge on any atom is -0.383 e. The SMILES string of the molecule is NC(=O)c1ccc(NCC2CCCCN2)cc1Cl. The average Bonchev–Trinajstić information content (AvgIpc) is 2.37. The first-order valence-corrected chi connectivity index (χ1v) is 6.61. The molecule has 1 heterocycles. The predicted octanol–water partition coefficient (Wildman–Crippen LogP) is 1.99. The molecule has 1 aromatic rings. The lowest BCUT2D eigenvalue weighted by Crippen LogP contribution is -2.39. The number of halogens is 1. The Bertz CT molecular complexity index is 430. The summed E-state index contributed by atoms with van der Waals surface area (Å²) in [6.07, 6.45) is 3.73. The van der Waals surface area contributed by atoms with E-state index in [-0.39, 0.29) is 0 Å². The lowest BCUT2D eigenvalue weighted by atomic mass is 10.1. The van der Waals surface area contributed by atoms with Gasteiger partial charge in [0.1, 0.15) is 0 Å². The monoisotopic (exact) mass is 267 g/mol. The number of hydrogen-bond donors (Lipinski definition) is 3. The van der Waals surface area contributed by atoms with Crippen LogP contribution in [0.2, 0.25) is 5.02 Å². The Labute approximate surface area is 112 Å². The van der Waals surface area contributed by atoms with Crippen molar-refractivity contribution < 1.29 is 4.79 Å². The van der Waals surface area contributed by atoms with E-state index >= 15 is 0 Å². The predicted molar refractivity (Wildman–Crippen MR) is 74.1 cm³/mol. The maximum atomic E-state index is 11.0. The van der Waals surface area contributed by atoms with Gasteiger partial charge in [-0.25, -0.2) is 0 Å². The van der Waals surface area contributed by atoms with Gasteiger partial charge in [0.15, 0.2) is 0 Å². The van der Waals surface area contributed by atoms with Gasteiger partial charge in [0.2, 0.25) is 5.91 Å². The molecule has 2 rings (SSSR count). The fraction of sp³-hybridized carbons (Fsp3) is 0.462. The minimum absolute atomic E-state index is 0.359. The molecule has 4 N–H and O–H groups in total. The van der Waals surface area contributed by atoms with Gasteiger partial charge in [0, 0.05) is 18.3 Å². The Morgan fingerprint density at radius 1 is 1.50 bits per heavy atom. The van der Waals surface area contributed by atoms with E-state index in [1.54, 1.807) is 12.1 Å². The molecule has 4 nitrogen and oxygen atoms in total. The lowest BCUT2D eigenvalue weighted by molar-refractivity contribution is 0.100. The van der Waals surface area contributed by atoms with Crippen molar-refractivity contribution in [1.82, 2.24) is 5.32 Å². The molecule has 18 heavy (non-hydrogen) atoms. The highest BCUT2D eigenvalue weighted by atomic mass is 35.5. The van der Waals surface area contributed by atoms with Crippen molar-refractivity contribution in [3.05, 3.63) is 28.8 Å². The molecule has 1 amide bonds. The number of primary amides is 1. The normalized spacial score (nSPS) is 19.5. The molecule has 0 aliphatic carbocycles. The molecular formula is C13H18ClN3O. The van der Waals surface area contributed by atoms with Crippen molar-refractivity contribution >= 4 is 23.2 Å². The Morgan fingerprint density at radius 3 is 2.94 bits per heavy atom. The average molecular weight is 268 g/mol. The molecule has 5 heteroatoms. The zero-order valence-corrected chi connectivity index (χ0v) is 11.0. The third-order valence-corrected chi connectivity index (χ3v) is 3.51. The third-order valence-electron chi connectivity index (χ3n) is 3.20. The number of piperidine rings is 1. The Balaban J connectivity index is 1.93. The molecule has 1 fully saturated rings. The summed E-state index contributed by atoms with van der Waals surface area (Å²) in [5.41, 5.74) is 6.48. The lowest BCUT2D eigenvalue weighted by Gasteiger charge is -2.24. The molecule has 0 saturated carbocycles. The molecule has 0 radical (unpaired) electrons. The number of carbonyl (C=O) groups excluding carboxylic acids is 1. The van der Waals surface area contributed by atoms with E-state index in [0.29, 0.717) is 16.6 Å². The number of anilines is 1. The Kier molecular flexibility index (Phi) is 4.44. The fourth-order valence-electron chi connectivity index (χ4n) is 2.16. The van der Waals surface area contributed by atoms with Crippen LogP contribution < -0.4 is 16.4 Å². The first-order valence-electron chi connectivity index (χ1n) is 6.23. The molecule has 1 saturated heterocycles. The molecule has 1 aliphatic rings. The topological polar surface area (TPSA) is 67.2 Å². The molecule has 98 valence electrons. The number of rotatable bonds is 4. The first-order chi connectivity index (χ1) is 8.66. The fourth-order valence-corrected chi connectivity index (χ4v) is 2.44. The molecule has 1 atom stereocenters. The van der Waals surface area contributed by atoms with Crippen molar-refractivity contribution in [2.24, 2.45) is 5.73 Å². The van der Waals surface area contributed by atoms with E-state index in [1.165, 1.54) is 19.3 Å². The summed E-state index contributed by atoms with van der Waals surface area (Å²) in [4.78, 5) is 11.0. The second-order valence-corrected chi connectivity index (χ2v) is 4.99. The van der Waals surface area contributed by atoms with E-state index in [4.69, 9.17) is 17.3 Å². The zero-order chi connectivity index (χ0) is 13.0. The van der Waals surface area contributed by atoms with Gasteiger partial charge in [-0.05, 0) is 37.6 Å². The molecular weight excluding hydrogens is 250 g/mol. The summed E-state index contributed by atoms with van der Waals surface area (Å²) in [5.74, 6) is -0.500. The number of carbonyl (C=O) groups is 1. The van der Waals surface area contributed by atoms with Crippen LogP contribution in [-0.2, 0) is 0 Å². The third kappa shape index (κ3) is 3.37. The number of nitrogens with one attached hydrogen (secondary N) is 2. The van der Waals surface area contributed by atoms with Crippen molar-refractivity contribution in [1.29, 1.82) is 0 Å². The summed E-state index contributed by atoms with van der Waals surface area (Å²) in [5, 5.41) is 7.18. The second-order valence-electron chi connectivity index (χ2n) is 4.59. The van der Waals surface area contributed by atoms with E-state index in [2.05, 4.69) is 10.6 Å². The standard InChI is InChI=1S/C13H18ClN3O/c14-12-7-9(4-5-11(12)13(15)18)17-8-10-3-1-2-6-16-10/h4-5,7,10,16-17H,1-3,6,8H2,(H2,15,18). The van der Waals surface area contributed by atoms with Crippen LogP contribution in [-0.4, -0.2) is 25.0 Å². The van der Waals surface area contributed by atoms with Crippen LogP contribution in [0.25, 0.3) is 0 Å². The van der Waals surface area contributed by atoms with Crippen molar-refractivity contribution in [3.8, 4) is 0 Å². The Morgan fingerprint density at radius 2 is 2.33 bits per heavy atom. The number of benzene rings is 1. The number of hydrogen-bond acceptors (Lipinski definition) is 3. The molecule has 1 aliphatic heterocycles. The molecule has 1 unspecified atom stereocenters. The maximum absolute atomic E-state index is 11.0. The smallest absolute Gasteiger partial charge is 0.250 e. The summed E-state index contributed by atoms with van der Waals surface area (Å²) in [6, 6.07) is 5.73. The van der Waals surface area contributed by atoms with Gasteiger partial charge in [0.05, 0.1) is 10.6 Å². The van der Waals surface area contributed by atoms with Crippen molar-refractivity contribution in [2.75, 3.05) is 18.4 Å². The summed E-state index contributed by atoms with van der Waals surface area (Å²) in [7, 11) is 0. The van der Waals surface area contributed by atoms with E-state index in [1.807, 2.05) is 6.07 Å². The van der Waals surface area contributed by atoms with Crippen LogP contribution in [0, 0.1) is 0 Å². The molecule has 1 aromatic carbocycles. The van der Waals surface area contributed by atoms with Crippen LogP contribution in [0.4, 0.5) is 5.69 Å². The summed E-state index contributed by atoms with van der Waals surface area (Å²) in [6.45, 7) is 1.96. The largest absolute Gasteiger partial charge is 0.383 e. The quantitative estimate of drug-likeness (QED) is 0.782. The van der Waals surface area contributed by atoms with E-state index < -0.39 is 5.91 Å². The van der Waals surface area contributed by atoms with Gasteiger partial charge in [-0.1, -0.05) is 18.0 Å². The maximum Gasteiger partial charge on any atom is 0.250 e.